The van der Waals surface area contributed by atoms with Gasteiger partial charge in [0.2, 0.25) is 0 Å². The quantitative estimate of drug-likeness (QED) is 0.314. The number of aryl methyl sites for hydroxylation is 1. The second-order valence-electron chi connectivity index (χ2n) is 8.78. The summed E-state index contributed by atoms with van der Waals surface area (Å²) in [6, 6.07) is 9.60. The Morgan fingerprint density at radius 3 is 2.71 bits per heavy atom. The van der Waals surface area contributed by atoms with Crippen LogP contribution in [0.25, 0.3) is 16.6 Å². The van der Waals surface area contributed by atoms with Gasteiger partial charge in [0.05, 0.1) is 29.7 Å². The van der Waals surface area contributed by atoms with Crippen molar-refractivity contribution in [1.29, 1.82) is 0 Å². The molecule has 1 unspecified atom stereocenters. The lowest BCUT2D eigenvalue weighted by molar-refractivity contribution is -0.140. The third kappa shape index (κ3) is 6.09. The molecule has 1 N–H and O–H groups in total. The minimum absolute atomic E-state index is 0.00876. The number of methoxy groups -OCH3 is 1. The van der Waals surface area contributed by atoms with Gasteiger partial charge in [-0.3, -0.25) is 4.79 Å². The molecule has 4 rings (SSSR count). The third-order valence-electron chi connectivity index (χ3n) is 5.93. The van der Waals surface area contributed by atoms with Gasteiger partial charge in [0, 0.05) is 36.8 Å². The Morgan fingerprint density at radius 2 is 2.03 bits per heavy atom. The van der Waals surface area contributed by atoms with Crippen LogP contribution in [0, 0.1) is 18.6 Å². The van der Waals surface area contributed by atoms with E-state index in [1.165, 1.54) is 41.9 Å². The predicted octanol–water partition coefficient (Wildman–Crippen LogP) is 4.60. The van der Waals surface area contributed by atoms with Gasteiger partial charge in [-0.2, -0.15) is 5.10 Å². The van der Waals surface area contributed by atoms with Crippen LogP contribution in [0.2, 0.25) is 5.02 Å². The molecule has 4 aromatic rings. The summed E-state index contributed by atoms with van der Waals surface area (Å²) in [5.74, 6) is -1.12. The van der Waals surface area contributed by atoms with Crippen LogP contribution in [0.4, 0.5) is 8.78 Å². The highest BCUT2D eigenvalue weighted by Gasteiger charge is 2.22. The number of pyridine rings is 1. The van der Waals surface area contributed by atoms with E-state index in [9.17, 15) is 18.7 Å². The number of carbonyl (C=O) groups excluding carboxylic acids is 1. The zero-order valence-corrected chi connectivity index (χ0v) is 21.9. The highest BCUT2D eigenvalue weighted by atomic mass is 35.5. The van der Waals surface area contributed by atoms with Gasteiger partial charge in [-0.15, -0.1) is 0 Å². The second kappa shape index (κ2) is 11.8. The van der Waals surface area contributed by atoms with E-state index < -0.39 is 23.6 Å². The van der Waals surface area contributed by atoms with Gasteiger partial charge in [-0.1, -0.05) is 23.7 Å². The Labute approximate surface area is 223 Å². The summed E-state index contributed by atoms with van der Waals surface area (Å²) >= 11 is 6.42. The van der Waals surface area contributed by atoms with Crippen molar-refractivity contribution < 1.29 is 28.2 Å². The molecule has 0 bridgehead atoms. The van der Waals surface area contributed by atoms with Crippen LogP contribution in [0.15, 0.2) is 48.8 Å². The highest BCUT2D eigenvalue weighted by Crippen LogP contribution is 2.31. The molecule has 0 fully saturated rings. The van der Waals surface area contributed by atoms with Crippen LogP contribution < -0.4 is 4.74 Å². The molecule has 1 atom stereocenters. The minimum atomic E-state index is -1.24. The third-order valence-corrected chi connectivity index (χ3v) is 6.26. The molecule has 8 nitrogen and oxygen atoms in total. The van der Waals surface area contributed by atoms with Crippen molar-refractivity contribution in [1.82, 2.24) is 19.7 Å². The van der Waals surface area contributed by atoms with Gasteiger partial charge in [0.15, 0.2) is 5.82 Å². The Bertz CT molecular complexity index is 1460. The lowest BCUT2D eigenvalue weighted by atomic mass is 10.1. The van der Waals surface area contributed by atoms with Crippen molar-refractivity contribution in [2.75, 3.05) is 20.3 Å². The summed E-state index contributed by atoms with van der Waals surface area (Å²) in [7, 11) is 1.50. The molecule has 0 aliphatic rings. The maximum absolute atomic E-state index is 14.3. The lowest BCUT2D eigenvalue weighted by Gasteiger charge is -2.25. The number of halogens is 3. The van der Waals surface area contributed by atoms with E-state index in [4.69, 9.17) is 21.1 Å². The molecular weight excluding hydrogens is 518 g/mol. The number of para-hydroxylation sites is 1. The predicted molar refractivity (Wildman–Crippen MR) is 138 cm³/mol. The van der Waals surface area contributed by atoms with Crippen LogP contribution in [-0.4, -0.2) is 57.0 Å². The molecule has 0 aliphatic carbocycles. The molecule has 0 saturated heterocycles. The fourth-order valence-corrected chi connectivity index (χ4v) is 4.40. The van der Waals surface area contributed by atoms with Crippen molar-refractivity contribution in [2.45, 2.75) is 33.1 Å². The normalized spacial score (nSPS) is 12.1. The van der Waals surface area contributed by atoms with E-state index in [1.807, 2.05) is 13.0 Å². The summed E-state index contributed by atoms with van der Waals surface area (Å²) in [6.07, 6.45) is 1.16. The van der Waals surface area contributed by atoms with Crippen molar-refractivity contribution in [3.63, 3.8) is 0 Å². The lowest BCUT2D eigenvalue weighted by Crippen LogP contribution is -2.39. The first-order valence-corrected chi connectivity index (χ1v) is 12.2. The summed E-state index contributed by atoms with van der Waals surface area (Å²) in [4.78, 5) is 18.6. The Kier molecular flexibility index (Phi) is 8.55. The van der Waals surface area contributed by atoms with Gasteiger partial charge < -0.3 is 19.5 Å². The number of ether oxygens (including phenoxy) is 2. The van der Waals surface area contributed by atoms with Crippen LogP contribution >= 0.6 is 11.6 Å². The van der Waals surface area contributed by atoms with Crippen molar-refractivity contribution in [3.8, 4) is 11.4 Å². The first-order valence-electron chi connectivity index (χ1n) is 11.8. The van der Waals surface area contributed by atoms with Crippen molar-refractivity contribution in [3.05, 3.63) is 82.3 Å². The molecule has 1 amide bonds. The largest absolute Gasteiger partial charge is 0.487 e. The molecule has 2 aromatic carbocycles. The zero-order chi connectivity index (χ0) is 27.4. The van der Waals surface area contributed by atoms with Gasteiger partial charge in [-0.05, 0) is 43.7 Å². The monoisotopic (exact) mass is 544 g/mol. The first kappa shape index (κ1) is 27.4. The summed E-state index contributed by atoms with van der Waals surface area (Å²) in [5.41, 5.74) is 2.74. The SMILES string of the molecule is COCCN(Cc1cc(F)cc(Cl)c1COc1cccc2c(-n3cc(F)cn3)cc(C)nc12)C(=O)C(C)O. The van der Waals surface area contributed by atoms with Gasteiger partial charge >= 0.3 is 0 Å². The minimum Gasteiger partial charge on any atom is -0.487 e. The van der Waals surface area contributed by atoms with E-state index in [0.29, 0.717) is 39.2 Å². The van der Waals surface area contributed by atoms with E-state index >= 15 is 0 Å². The first-order chi connectivity index (χ1) is 18.2. The Balaban J connectivity index is 1.68. The van der Waals surface area contributed by atoms with Crippen LogP contribution in [-0.2, 0) is 22.7 Å². The molecule has 2 heterocycles. The molecule has 38 heavy (non-hydrogen) atoms. The molecule has 0 spiro atoms. The number of amides is 1. The number of aliphatic hydroxyl groups excluding tert-OH is 1. The topological polar surface area (TPSA) is 89.7 Å². The number of carbonyl (C=O) groups is 1. The maximum atomic E-state index is 14.3. The fraction of sp³-hybridized carbons (Fsp3) is 0.296. The second-order valence-corrected chi connectivity index (χ2v) is 9.19. The highest BCUT2D eigenvalue weighted by molar-refractivity contribution is 6.31. The maximum Gasteiger partial charge on any atom is 0.251 e. The Morgan fingerprint density at radius 1 is 1.24 bits per heavy atom. The molecule has 11 heteroatoms. The number of fused-ring (bicyclic) bond motifs is 1. The molecule has 200 valence electrons. The molecule has 2 aromatic heterocycles. The number of hydrogen-bond donors (Lipinski definition) is 1. The van der Waals surface area contributed by atoms with Crippen molar-refractivity contribution >= 4 is 28.4 Å². The average Bonchev–Trinajstić information content (AvgIpc) is 3.31. The van der Waals surface area contributed by atoms with E-state index in [2.05, 4.69) is 10.1 Å². The number of aromatic nitrogens is 3. The number of aliphatic hydroxyl groups is 1. The number of nitrogens with zero attached hydrogens (tertiary/aromatic N) is 4. The van der Waals surface area contributed by atoms with Crippen LogP contribution in [0.5, 0.6) is 5.75 Å². The standard InChI is InChI=1S/C27H27ClF2N4O4/c1-16-9-24(34-14-20(30)12-31-34)21-5-4-6-25(26(21)32-16)38-15-22-18(10-19(29)11-23(22)28)13-33(7-8-37-3)27(36)17(2)35/h4-6,9-12,14,17,35H,7-8,13,15H2,1-3H3. The van der Waals surface area contributed by atoms with Gasteiger partial charge in [0.25, 0.3) is 5.91 Å². The number of benzene rings is 2. The molecule has 0 aliphatic heterocycles. The summed E-state index contributed by atoms with van der Waals surface area (Å²) < 4.78 is 40.6. The Hall–Kier alpha value is -3.60. The van der Waals surface area contributed by atoms with Crippen molar-refractivity contribution in [2.24, 2.45) is 0 Å². The summed E-state index contributed by atoms with van der Waals surface area (Å²) in [6.45, 7) is 3.55. The van der Waals surface area contributed by atoms with E-state index in [1.54, 1.807) is 18.2 Å². The number of rotatable bonds is 10. The van der Waals surface area contributed by atoms with Crippen LogP contribution in [0.3, 0.4) is 0 Å². The number of hydrogen-bond acceptors (Lipinski definition) is 6. The summed E-state index contributed by atoms with van der Waals surface area (Å²) in [5, 5.41) is 14.7. The van der Waals surface area contributed by atoms with Gasteiger partial charge in [-0.25, -0.2) is 18.4 Å². The van der Waals surface area contributed by atoms with E-state index in [-0.39, 0.29) is 31.3 Å². The molecule has 0 radical (unpaired) electrons. The fourth-order valence-electron chi connectivity index (χ4n) is 4.12. The average molecular weight is 545 g/mol. The molecule has 0 saturated carbocycles. The molecular formula is C27H27ClF2N4O4. The smallest absolute Gasteiger partial charge is 0.251 e. The van der Waals surface area contributed by atoms with E-state index in [0.717, 1.165) is 6.20 Å². The van der Waals surface area contributed by atoms with Gasteiger partial charge in [0.1, 0.15) is 29.8 Å². The zero-order valence-electron chi connectivity index (χ0n) is 21.1. The van der Waals surface area contributed by atoms with Crippen LogP contribution in [0.1, 0.15) is 23.7 Å².